The van der Waals surface area contributed by atoms with Crippen molar-refractivity contribution in [2.24, 2.45) is 4.99 Å². The molecule has 10 nitrogen and oxygen atoms in total. The summed E-state index contributed by atoms with van der Waals surface area (Å²) >= 11 is 1.13. The number of aromatic nitrogens is 1. The van der Waals surface area contributed by atoms with E-state index in [0.29, 0.717) is 44.3 Å². The number of rotatable bonds is 8. The molecule has 0 saturated carbocycles. The van der Waals surface area contributed by atoms with E-state index < -0.39 is 34.0 Å². The summed E-state index contributed by atoms with van der Waals surface area (Å²) in [6, 6.07) is 13.0. The number of allylic oxidation sites excluding steroid dienone is 1. The molecule has 216 valence electrons. The van der Waals surface area contributed by atoms with Crippen LogP contribution in [0.15, 0.2) is 80.1 Å². The molecule has 2 aromatic heterocycles. The standard InChI is InChI=1S/C30H26FN3O7S/c1-5-39-20-9-6-18(7-10-20)27-26(29(36)40-16(2)3)17(4)32-30-33(27)28(35)25(42-30)15-21-11-13-24(41-21)19-8-12-22(31)23(14-19)34(37)38/h6-16,27H,5H2,1-4H3/b25-15+/t27-/m0/s1. The van der Waals surface area contributed by atoms with Crippen LogP contribution in [-0.4, -0.2) is 28.2 Å². The Morgan fingerprint density at radius 1 is 1.21 bits per heavy atom. The molecule has 0 fully saturated rings. The van der Waals surface area contributed by atoms with Crippen molar-refractivity contribution in [3.05, 3.63) is 113 Å². The van der Waals surface area contributed by atoms with E-state index in [1.807, 2.05) is 6.92 Å². The molecule has 42 heavy (non-hydrogen) atoms. The summed E-state index contributed by atoms with van der Waals surface area (Å²) in [5.74, 6) is -0.302. The second-order valence-corrected chi connectivity index (χ2v) is 10.7. The first-order chi connectivity index (χ1) is 20.1. The summed E-state index contributed by atoms with van der Waals surface area (Å²) in [6.45, 7) is 7.57. The smallest absolute Gasteiger partial charge is 0.338 e. The molecule has 5 rings (SSSR count). The highest BCUT2D eigenvalue weighted by atomic mass is 32.1. The van der Waals surface area contributed by atoms with E-state index in [1.54, 1.807) is 57.2 Å². The molecule has 3 heterocycles. The first-order valence-corrected chi connectivity index (χ1v) is 13.9. The van der Waals surface area contributed by atoms with E-state index in [0.717, 1.165) is 23.5 Å². The number of esters is 1. The third-order valence-electron chi connectivity index (χ3n) is 6.42. The van der Waals surface area contributed by atoms with Gasteiger partial charge < -0.3 is 13.9 Å². The molecule has 2 aromatic carbocycles. The van der Waals surface area contributed by atoms with Gasteiger partial charge in [0.25, 0.3) is 5.56 Å². The normalized spacial score (nSPS) is 15.0. The van der Waals surface area contributed by atoms with Crippen LogP contribution in [0.5, 0.6) is 5.75 Å². The van der Waals surface area contributed by atoms with Gasteiger partial charge in [0.05, 0.1) is 39.5 Å². The number of nitro groups is 1. The minimum Gasteiger partial charge on any atom is -0.494 e. The molecule has 0 saturated heterocycles. The summed E-state index contributed by atoms with van der Waals surface area (Å²) in [6.07, 6.45) is 1.16. The summed E-state index contributed by atoms with van der Waals surface area (Å²) < 4.78 is 32.5. The zero-order chi connectivity index (χ0) is 30.1. The van der Waals surface area contributed by atoms with Crippen molar-refractivity contribution < 1.29 is 28.0 Å². The van der Waals surface area contributed by atoms with Gasteiger partial charge in [-0.15, -0.1) is 0 Å². The highest BCUT2D eigenvalue weighted by Gasteiger charge is 2.34. The number of hydrogen-bond donors (Lipinski definition) is 0. The van der Waals surface area contributed by atoms with Crippen LogP contribution in [0.4, 0.5) is 10.1 Å². The van der Waals surface area contributed by atoms with Gasteiger partial charge in [-0.25, -0.2) is 9.79 Å². The molecule has 0 bridgehead atoms. The van der Waals surface area contributed by atoms with Gasteiger partial charge in [0, 0.05) is 17.7 Å². The average Bonchev–Trinajstić information content (AvgIpc) is 3.52. The van der Waals surface area contributed by atoms with E-state index in [2.05, 4.69) is 4.99 Å². The quantitative estimate of drug-likeness (QED) is 0.162. The van der Waals surface area contributed by atoms with Gasteiger partial charge in [-0.2, -0.15) is 4.39 Å². The van der Waals surface area contributed by atoms with Crippen LogP contribution < -0.4 is 19.6 Å². The molecule has 0 aliphatic carbocycles. The maximum atomic E-state index is 13.8. The second kappa shape index (κ2) is 11.6. The van der Waals surface area contributed by atoms with Crippen LogP contribution in [0.25, 0.3) is 17.4 Å². The Morgan fingerprint density at radius 3 is 2.62 bits per heavy atom. The van der Waals surface area contributed by atoms with E-state index in [-0.39, 0.29) is 17.4 Å². The highest BCUT2D eigenvalue weighted by Crippen LogP contribution is 2.32. The minimum absolute atomic E-state index is 0.255. The van der Waals surface area contributed by atoms with E-state index >= 15 is 0 Å². The summed E-state index contributed by atoms with van der Waals surface area (Å²) in [7, 11) is 0. The Labute approximate surface area is 242 Å². The largest absolute Gasteiger partial charge is 0.494 e. The van der Waals surface area contributed by atoms with Crippen LogP contribution in [0.3, 0.4) is 0 Å². The van der Waals surface area contributed by atoms with Gasteiger partial charge in [0.1, 0.15) is 17.3 Å². The molecule has 1 aliphatic heterocycles. The number of fused-ring (bicyclic) bond motifs is 1. The summed E-state index contributed by atoms with van der Waals surface area (Å²) in [4.78, 5) is 42.4. The van der Waals surface area contributed by atoms with Crippen LogP contribution in [0.1, 0.15) is 45.1 Å². The zero-order valence-electron chi connectivity index (χ0n) is 23.1. The lowest BCUT2D eigenvalue weighted by Gasteiger charge is -2.25. The topological polar surface area (TPSA) is 126 Å². The van der Waals surface area contributed by atoms with Crippen molar-refractivity contribution in [1.82, 2.24) is 4.57 Å². The number of benzene rings is 2. The Hall–Kier alpha value is -4.84. The van der Waals surface area contributed by atoms with Crippen LogP contribution >= 0.6 is 11.3 Å². The van der Waals surface area contributed by atoms with Crippen LogP contribution in [0, 0.1) is 15.9 Å². The van der Waals surface area contributed by atoms with Crippen molar-refractivity contribution in [2.75, 3.05) is 6.61 Å². The number of furan rings is 1. The number of carbonyl (C=O) groups is 1. The molecular weight excluding hydrogens is 565 g/mol. The Morgan fingerprint density at radius 2 is 1.95 bits per heavy atom. The minimum atomic E-state index is -0.953. The molecule has 0 spiro atoms. The lowest BCUT2D eigenvalue weighted by molar-refractivity contribution is -0.387. The SMILES string of the molecule is CCOc1ccc([C@H]2C(C(=O)OC(C)C)=C(C)N=c3s/c(=C/c4ccc(-c5ccc(F)c([N+](=O)[O-])c5)o4)c(=O)n32)cc1. The molecule has 1 atom stereocenters. The first kappa shape index (κ1) is 28.7. The summed E-state index contributed by atoms with van der Waals surface area (Å²) in [5, 5.41) is 11.1. The van der Waals surface area contributed by atoms with Crippen LogP contribution in [0.2, 0.25) is 0 Å². The fraction of sp³-hybridized carbons (Fsp3) is 0.233. The van der Waals surface area contributed by atoms with Crippen molar-refractivity contribution in [1.29, 1.82) is 0 Å². The monoisotopic (exact) mass is 591 g/mol. The fourth-order valence-electron chi connectivity index (χ4n) is 4.61. The second-order valence-electron chi connectivity index (χ2n) is 9.66. The summed E-state index contributed by atoms with van der Waals surface area (Å²) in [5.41, 5.74) is 0.610. The van der Waals surface area contributed by atoms with E-state index in [4.69, 9.17) is 13.9 Å². The van der Waals surface area contributed by atoms with Crippen molar-refractivity contribution in [3.63, 3.8) is 0 Å². The van der Waals surface area contributed by atoms with Crippen molar-refractivity contribution in [2.45, 2.75) is 39.8 Å². The number of hydrogen-bond acceptors (Lipinski definition) is 9. The van der Waals surface area contributed by atoms with E-state index in [9.17, 15) is 24.1 Å². The molecule has 4 aromatic rings. The zero-order valence-corrected chi connectivity index (χ0v) is 23.9. The predicted molar refractivity (Wildman–Crippen MR) is 153 cm³/mol. The number of ether oxygens (including phenoxy) is 2. The number of nitrogens with zero attached hydrogens (tertiary/aromatic N) is 3. The third-order valence-corrected chi connectivity index (χ3v) is 7.40. The van der Waals surface area contributed by atoms with Crippen LogP contribution in [-0.2, 0) is 9.53 Å². The molecule has 0 N–H and O–H groups in total. The lowest BCUT2D eigenvalue weighted by Crippen LogP contribution is -2.40. The molecule has 1 aliphatic rings. The maximum Gasteiger partial charge on any atom is 0.338 e. The fourth-order valence-corrected chi connectivity index (χ4v) is 5.64. The Kier molecular flexibility index (Phi) is 7.90. The first-order valence-electron chi connectivity index (χ1n) is 13.1. The number of halogens is 1. The Bertz CT molecular complexity index is 1900. The maximum absolute atomic E-state index is 13.8. The van der Waals surface area contributed by atoms with Gasteiger partial charge >= 0.3 is 11.7 Å². The van der Waals surface area contributed by atoms with Crippen molar-refractivity contribution >= 4 is 29.1 Å². The molecule has 0 unspecified atom stereocenters. The van der Waals surface area contributed by atoms with Gasteiger partial charge in [0.15, 0.2) is 4.80 Å². The molecule has 0 amide bonds. The predicted octanol–water partition coefficient (Wildman–Crippen LogP) is 4.89. The van der Waals surface area contributed by atoms with Gasteiger partial charge in [-0.3, -0.25) is 19.5 Å². The average molecular weight is 592 g/mol. The number of thiazole rings is 1. The van der Waals surface area contributed by atoms with Gasteiger partial charge in [-0.1, -0.05) is 23.5 Å². The molecule has 0 radical (unpaired) electrons. The van der Waals surface area contributed by atoms with Gasteiger partial charge in [0.2, 0.25) is 5.82 Å². The molecule has 12 heteroatoms. The number of carbonyl (C=O) groups excluding carboxylic acids is 1. The highest BCUT2D eigenvalue weighted by molar-refractivity contribution is 7.07. The van der Waals surface area contributed by atoms with Gasteiger partial charge in [-0.05, 0) is 69.7 Å². The van der Waals surface area contributed by atoms with Crippen molar-refractivity contribution in [3.8, 4) is 17.1 Å². The molecular formula is C30H26FN3O7S. The Balaban J connectivity index is 1.60. The number of nitro benzene ring substituents is 1. The van der Waals surface area contributed by atoms with E-state index in [1.165, 1.54) is 16.7 Å². The lowest BCUT2D eigenvalue weighted by atomic mass is 9.96. The third kappa shape index (κ3) is 5.53.